The van der Waals surface area contributed by atoms with Gasteiger partial charge >= 0.3 is 0 Å². The number of aliphatic imine (C=N–C) groups is 1. The van der Waals surface area contributed by atoms with Gasteiger partial charge in [0.2, 0.25) is 0 Å². The molecule has 0 bridgehead atoms. The molecule has 5 nitrogen and oxygen atoms in total. The van der Waals surface area contributed by atoms with Crippen molar-refractivity contribution in [2.24, 2.45) is 10.7 Å². The first kappa shape index (κ1) is 19.5. The number of benzene rings is 1. The Morgan fingerprint density at radius 2 is 1.78 bits per heavy atom. The maximum absolute atomic E-state index is 6.31. The largest absolute Gasteiger partial charge is 0.496 e. The van der Waals surface area contributed by atoms with Crippen LogP contribution in [0.5, 0.6) is 0 Å². The van der Waals surface area contributed by atoms with Crippen LogP contribution in [0.25, 0.3) is 0 Å². The van der Waals surface area contributed by atoms with Gasteiger partial charge in [-0.15, -0.1) is 0 Å². The molecule has 1 aliphatic heterocycles. The molecule has 27 heavy (non-hydrogen) atoms. The van der Waals surface area contributed by atoms with Crippen LogP contribution in [0.4, 0.5) is 11.4 Å². The van der Waals surface area contributed by atoms with Gasteiger partial charge in [-0.25, -0.2) is 4.99 Å². The van der Waals surface area contributed by atoms with Gasteiger partial charge in [-0.3, -0.25) is 0 Å². The average molecular weight is 369 g/mol. The van der Waals surface area contributed by atoms with E-state index in [1.165, 1.54) is 18.5 Å². The molecule has 1 heterocycles. The number of allylic oxidation sites excluding steroid dienone is 1. The molecule has 1 aromatic rings. The van der Waals surface area contributed by atoms with E-state index in [0.717, 1.165) is 49.0 Å². The van der Waals surface area contributed by atoms with Gasteiger partial charge in [0, 0.05) is 37.9 Å². The highest BCUT2D eigenvalue weighted by Crippen LogP contribution is 2.26. The molecule has 3 rings (SSSR count). The Morgan fingerprint density at radius 3 is 2.37 bits per heavy atom. The van der Waals surface area contributed by atoms with Crippen LogP contribution in [0.1, 0.15) is 33.6 Å². The fraction of sp³-hybridized carbons (Fsp3) is 0.500. The topological polar surface area (TPSA) is 54.1 Å². The zero-order valence-electron chi connectivity index (χ0n) is 16.8. The van der Waals surface area contributed by atoms with E-state index in [-0.39, 0.29) is 6.04 Å². The minimum absolute atomic E-state index is 0.204. The van der Waals surface area contributed by atoms with E-state index in [2.05, 4.69) is 54.0 Å². The van der Waals surface area contributed by atoms with Crippen molar-refractivity contribution in [2.45, 2.75) is 39.7 Å². The Labute approximate surface area is 163 Å². The average Bonchev–Trinajstić information content (AvgIpc) is 3.21. The second-order valence-corrected chi connectivity index (χ2v) is 6.94. The normalized spacial score (nSPS) is 21.3. The van der Waals surface area contributed by atoms with Crippen molar-refractivity contribution >= 4 is 17.1 Å². The third kappa shape index (κ3) is 4.53. The van der Waals surface area contributed by atoms with Crippen molar-refractivity contribution in [1.29, 1.82) is 0 Å². The number of nitrogens with zero attached hydrogens (tertiary/aromatic N) is 3. The van der Waals surface area contributed by atoms with Crippen LogP contribution in [-0.2, 0) is 4.74 Å². The smallest absolute Gasteiger partial charge is 0.119 e. The second kappa shape index (κ2) is 9.09. The molecule has 2 aliphatic rings. The SMILES string of the molecule is CCOC1=CC(=Nc2ccc(N(CC)CC)cc2)C(N2CCCC2)=CC1N. The van der Waals surface area contributed by atoms with Gasteiger partial charge in [-0.05, 0) is 64.0 Å². The molecule has 0 amide bonds. The Hall–Kier alpha value is -2.27. The number of hydrogen-bond acceptors (Lipinski definition) is 5. The highest BCUT2D eigenvalue weighted by Gasteiger charge is 2.25. The quantitative estimate of drug-likeness (QED) is 0.794. The number of rotatable bonds is 7. The number of nitrogens with two attached hydrogens (primary N) is 1. The predicted octanol–water partition coefficient (Wildman–Crippen LogP) is 3.85. The van der Waals surface area contributed by atoms with Gasteiger partial charge in [-0.1, -0.05) is 0 Å². The van der Waals surface area contributed by atoms with Crippen LogP contribution in [-0.4, -0.2) is 49.4 Å². The fourth-order valence-electron chi connectivity index (χ4n) is 3.73. The summed E-state index contributed by atoms with van der Waals surface area (Å²) in [5.74, 6) is 0.791. The fourth-order valence-corrected chi connectivity index (χ4v) is 3.73. The molecule has 5 heteroatoms. The van der Waals surface area contributed by atoms with E-state index in [1.807, 2.05) is 13.0 Å². The van der Waals surface area contributed by atoms with E-state index >= 15 is 0 Å². The molecule has 1 fully saturated rings. The first-order chi connectivity index (χ1) is 13.2. The van der Waals surface area contributed by atoms with Crippen molar-refractivity contribution in [3.63, 3.8) is 0 Å². The highest BCUT2D eigenvalue weighted by molar-refractivity contribution is 6.10. The minimum atomic E-state index is -0.204. The first-order valence-corrected chi connectivity index (χ1v) is 10.2. The van der Waals surface area contributed by atoms with E-state index in [0.29, 0.717) is 6.61 Å². The monoisotopic (exact) mass is 368 g/mol. The molecule has 1 aromatic carbocycles. The van der Waals surface area contributed by atoms with Crippen molar-refractivity contribution in [1.82, 2.24) is 4.90 Å². The first-order valence-electron chi connectivity index (χ1n) is 10.2. The van der Waals surface area contributed by atoms with Crippen molar-refractivity contribution in [3.8, 4) is 0 Å². The highest BCUT2D eigenvalue weighted by atomic mass is 16.5. The zero-order valence-corrected chi connectivity index (χ0v) is 16.8. The van der Waals surface area contributed by atoms with Gasteiger partial charge in [0.15, 0.2) is 0 Å². The van der Waals surface area contributed by atoms with Crippen LogP contribution in [0.15, 0.2) is 52.9 Å². The summed E-state index contributed by atoms with van der Waals surface area (Å²) in [7, 11) is 0. The van der Waals surface area contributed by atoms with Crippen LogP contribution in [0.2, 0.25) is 0 Å². The molecule has 0 saturated carbocycles. The lowest BCUT2D eigenvalue weighted by Gasteiger charge is -2.28. The maximum Gasteiger partial charge on any atom is 0.119 e. The Morgan fingerprint density at radius 1 is 1.11 bits per heavy atom. The lowest BCUT2D eigenvalue weighted by molar-refractivity contribution is 0.215. The van der Waals surface area contributed by atoms with Crippen LogP contribution in [0, 0.1) is 0 Å². The lowest BCUT2D eigenvalue weighted by Crippen LogP contribution is -2.33. The van der Waals surface area contributed by atoms with E-state index in [4.69, 9.17) is 15.5 Å². The van der Waals surface area contributed by atoms with Gasteiger partial charge in [0.05, 0.1) is 29.7 Å². The summed E-state index contributed by atoms with van der Waals surface area (Å²) in [5.41, 5.74) is 10.6. The minimum Gasteiger partial charge on any atom is -0.496 e. The summed E-state index contributed by atoms with van der Waals surface area (Å²) in [6.07, 6.45) is 6.56. The summed E-state index contributed by atoms with van der Waals surface area (Å²) in [6.45, 7) is 11.1. The van der Waals surface area contributed by atoms with Crippen LogP contribution < -0.4 is 10.6 Å². The summed E-state index contributed by atoms with van der Waals surface area (Å²) in [4.78, 5) is 9.66. The molecule has 1 unspecified atom stereocenters. The molecule has 0 spiro atoms. The third-order valence-corrected chi connectivity index (χ3v) is 5.19. The third-order valence-electron chi connectivity index (χ3n) is 5.19. The number of likely N-dealkylation sites (tertiary alicyclic amines) is 1. The number of anilines is 1. The van der Waals surface area contributed by atoms with Gasteiger partial charge in [-0.2, -0.15) is 0 Å². The molecular formula is C22H32N4O. The molecule has 0 aromatic heterocycles. The Bertz CT molecular complexity index is 710. The van der Waals surface area contributed by atoms with E-state index < -0.39 is 0 Å². The second-order valence-electron chi connectivity index (χ2n) is 6.94. The maximum atomic E-state index is 6.31. The summed E-state index contributed by atoms with van der Waals surface area (Å²) >= 11 is 0. The van der Waals surface area contributed by atoms with E-state index in [9.17, 15) is 0 Å². The van der Waals surface area contributed by atoms with Crippen molar-refractivity contribution < 1.29 is 4.74 Å². The van der Waals surface area contributed by atoms with E-state index in [1.54, 1.807) is 0 Å². The molecule has 0 radical (unpaired) electrons. The summed E-state index contributed by atoms with van der Waals surface area (Å²) in [6, 6.07) is 8.26. The predicted molar refractivity (Wildman–Crippen MR) is 114 cm³/mol. The molecule has 1 aliphatic carbocycles. The molecule has 146 valence electrons. The Balaban J connectivity index is 1.90. The van der Waals surface area contributed by atoms with Crippen LogP contribution >= 0.6 is 0 Å². The van der Waals surface area contributed by atoms with Gasteiger partial charge < -0.3 is 20.3 Å². The lowest BCUT2D eigenvalue weighted by atomic mass is 10.0. The van der Waals surface area contributed by atoms with Gasteiger partial charge in [0.25, 0.3) is 0 Å². The van der Waals surface area contributed by atoms with Crippen LogP contribution in [0.3, 0.4) is 0 Å². The number of hydrogen-bond donors (Lipinski definition) is 1. The Kier molecular flexibility index (Phi) is 6.56. The summed E-state index contributed by atoms with van der Waals surface area (Å²) < 4.78 is 5.74. The van der Waals surface area contributed by atoms with Crippen molar-refractivity contribution in [2.75, 3.05) is 37.7 Å². The standard InChI is InChI=1S/C22H32N4O/c1-4-25(5-2)18-11-9-17(10-12-18)24-20-16-22(27-6-3)19(23)15-21(20)26-13-7-8-14-26/h9-12,15-16,19H,4-8,13-14,23H2,1-3H3. The molecule has 1 atom stereocenters. The van der Waals surface area contributed by atoms with Crippen molar-refractivity contribution in [3.05, 3.63) is 47.9 Å². The molecule has 1 saturated heterocycles. The number of ether oxygens (including phenoxy) is 1. The molecular weight excluding hydrogens is 336 g/mol. The summed E-state index contributed by atoms with van der Waals surface area (Å²) in [5, 5.41) is 0. The zero-order chi connectivity index (χ0) is 19.2. The molecule has 2 N–H and O–H groups in total. The van der Waals surface area contributed by atoms with Gasteiger partial charge in [0.1, 0.15) is 5.76 Å².